The summed E-state index contributed by atoms with van der Waals surface area (Å²) in [6.07, 6.45) is 8.04. The molecule has 2 aromatic rings. The van der Waals surface area contributed by atoms with Crippen LogP contribution in [0.5, 0.6) is 0 Å². The second-order valence-corrected chi connectivity index (χ2v) is 5.65. The maximum absolute atomic E-state index is 6.14. The maximum atomic E-state index is 6.14. The molecule has 0 N–H and O–H groups in total. The predicted octanol–water partition coefficient (Wildman–Crippen LogP) is 3.25. The summed E-state index contributed by atoms with van der Waals surface area (Å²) in [4.78, 5) is 10.9. The number of fused-ring (bicyclic) bond motifs is 1. The largest absolute Gasteiger partial charge is 0.327 e. The molecule has 0 saturated carbocycles. The molecule has 0 atom stereocenters. The van der Waals surface area contributed by atoms with Crippen molar-refractivity contribution in [2.45, 2.75) is 26.7 Å². The van der Waals surface area contributed by atoms with Gasteiger partial charge in [-0.2, -0.15) is 10.1 Å². The summed E-state index contributed by atoms with van der Waals surface area (Å²) in [6, 6.07) is 0. The number of rotatable bonds is 3. The summed E-state index contributed by atoms with van der Waals surface area (Å²) in [5.74, 6) is 0.811. The summed E-state index contributed by atoms with van der Waals surface area (Å²) in [6.45, 7) is 5.03. The number of allylic oxidation sites excluding steroid dienone is 2. The van der Waals surface area contributed by atoms with E-state index in [4.69, 9.17) is 11.6 Å². The molecule has 0 spiro atoms. The van der Waals surface area contributed by atoms with Gasteiger partial charge in [0.25, 0.3) is 0 Å². The van der Waals surface area contributed by atoms with Crippen molar-refractivity contribution in [2.75, 3.05) is 11.4 Å². The Balaban J connectivity index is 2.18. The Morgan fingerprint density at radius 2 is 2.14 bits per heavy atom. The van der Waals surface area contributed by atoms with E-state index < -0.39 is 0 Å². The number of halogens is 1. The van der Waals surface area contributed by atoms with Crippen LogP contribution >= 0.6 is 11.6 Å². The lowest BCUT2D eigenvalue weighted by atomic mass is 10.2. The van der Waals surface area contributed by atoms with Gasteiger partial charge in [0.05, 0.1) is 5.69 Å². The molecule has 1 aliphatic heterocycles. The minimum absolute atomic E-state index is 0.267. The van der Waals surface area contributed by atoms with Crippen LogP contribution in [-0.2, 0) is 13.5 Å². The Labute approximate surface area is 128 Å². The van der Waals surface area contributed by atoms with Gasteiger partial charge in [0, 0.05) is 19.8 Å². The van der Waals surface area contributed by atoms with Crippen molar-refractivity contribution >= 4 is 28.5 Å². The highest BCUT2D eigenvalue weighted by Crippen LogP contribution is 2.29. The zero-order valence-electron chi connectivity index (χ0n) is 12.5. The van der Waals surface area contributed by atoms with Crippen molar-refractivity contribution in [3.05, 3.63) is 34.9 Å². The Morgan fingerprint density at radius 3 is 2.86 bits per heavy atom. The van der Waals surface area contributed by atoms with Gasteiger partial charge in [0.15, 0.2) is 5.82 Å². The average Bonchev–Trinajstić information content (AvgIpc) is 2.75. The minimum atomic E-state index is 0.267. The number of nitrogens with zero attached hydrogens (tertiary/aromatic N) is 5. The van der Waals surface area contributed by atoms with Crippen molar-refractivity contribution in [3.63, 3.8) is 0 Å². The van der Waals surface area contributed by atoms with Crippen molar-refractivity contribution in [3.8, 4) is 0 Å². The molecule has 2 aromatic heterocycles. The Bertz CT molecular complexity index is 744. The third-order valence-electron chi connectivity index (χ3n) is 3.53. The van der Waals surface area contributed by atoms with E-state index in [-0.39, 0.29) is 5.28 Å². The monoisotopic (exact) mass is 303 g/mol. The van der Waals surface area contributed by atoms with E-state index in [1.807, 2.05) is 24.0 Å². The van der Waals surface area contributed by atoms with Gasteiger partial charge >= 0.3 is 0 Å². The first kappa shape index (κ1) is 14.1. The topological polar surface area (TPSA) is 46.8 Å². The summed E-state index contributed by atoms with van der Waals surface area (Å²) < 4.78 is 1.85. The third kappa shape index (κ3) is 2.53. The van der Waals surface area contributed by atoms with Gasteiger partial charge in [-0.25, -0.2) is 4.98 Å². The number of hydrogen-bond acceptors (Lipinski definition) is 4. The minimum Gasteiger partial charge on any atom is -0.327 e. The molecule has 5 nitrogen and oxygen atoms in total. The molecule has 0 aromatic carbocycles. The van der Waals surface area contributed by atoms with Gasteiger partial charge in [0.2, 0.25) is 5.28 Å². The Morgan fingerprint density at radius 1 is 1.33 bits per heavy atom. The van der Waals surface area contributed by atoms with Gasteiger partial charge in [-0.3, -0.25) is 4.68 Å². The van der Waals surface area contributed by atoms with Gasteiger partial charge in [-0.15, -0.1) is 0 Å². The Kier molecular flexibility index (Phi) is 3.68. The number of hydrogen-bond donors (Lipinski definition) is 0. The molecular weight excluding hydrogens is 286 g/mol. The molecule has 6 heteroatoms. The molecule has 0 saturated heterocycles. The van der Waals surface area contributed by atoms with Crippen molar-refractivity contribution in [2.24, 2.45) is 7.05 Å². The van der Waals surface area contributed by atoms with Crippen molar-refractivity contribution in [1.82, 2.24) is 19.7 Å². The lowest BCUT2D eigenvalue weighted by molar-refractivity contribution is 0.751. The summed E-state index contributed by atoms with van der Waals surface area (Å²) in [5, 5.41) is 4.85. The van der Waals surface area contributed by atoms with E-state index in [9.17, 15) is 0 Å². The van der Waals surface area contributed by atoms with Crippen LogP contribution in [0.3, 0.4) is 0 Å². The normalized spacial score (nSPS) is 14.9. The fourth-order valence-corrected chi connectivity index (χ4v) is 2.79. The Hall–Kier alpha value is -1.88. The summed E-state index contributed by atoms with van der Waals surface area (Å²) in [5.41, 5.74) is 4.04. The number of anilines is 1. The quantitative estimate of drug-likeness (QED) is 0.817. The highest BCUT2D eigenvalue weighted by molar-refractivity contribution is 6.28. The number of aromatic nitrogens is 4. The number of aryl methyl sites for hydroxylation is 2. The molecule has 3 rings (SSSR count). The van der Waals surface area contributed by atoms with Crippen LogP contribution in [0.2, 0.25) is 5.28 Å². The van der Waals surface area contributed by atoms with Gasteiger partial charge in [-0.05, 0) is 31.0 Å². The van der Waals surface area contributed by atoms with E-state index in [2.05, 4.69) is 39.9 Å². The molecule has 0 bridgehead atoms. The molecule has 0 unspecified atom stereocenters. The van der Waals surface area contributed by atoms with Gasteiger partial charge in [-0.1, -0.05) is 25.0 Å². The summed E-state index contributed by atoms with van der Waals surface area (Å²) in [7, 11) is 1.93. The zero-order chi connectivity index (χ0) is 15.0. The van der Waals surface area contributed by atoms with Crippen LogP contribution in [-0.4, -0.2) is 26.3 Å². The first-order chi connectivity index (χ1) is 10.1. The highest BCUT2D eigenvalue weighted by atomic mass is 35.5. The molecule has 1 aliphatic rings. The third-order valence-corrected chi connectivity index (χ3v) is 3.70. The average molecular weight is 304 g/mol. The van der Waals surface area contributed by atoms with Gasteiger partial charge < -0.3 is 4.90 Å². The standard InChI is InChI=1S/C15H18ClN5/c1-4-6-11-12-13(20(3)19-11)14(18-15(16)17-12)21-8-5-7-10(2)9-21/h5,7-8H,4,6,9H2,1-3H3. The van der Waals surface area contributed by atoms with E-state index in [0.717, 1.165) is 41.9 Å². The van der Waals surface area contributed by atoms with E-state index >= 15 is 0 Å². The van der Waals surface area contributed by atoms with E-state index in [0.29, 0.717) is 0 Å². The zero-order valence-corrected chi connectivity index (χ0v) is 13.2. The SMILES string of the molecule is CCCc1nn(C)c2c(N3C=CC=C(C)C3)nc(Cl)nc12. The highest BCUT2D eigenvalue weighted by Gasteiger charge is 2.20. The van der Waals surface area contributed by atoms with Crippen molar-refractivity contribution in [1.29, 1.82) is 0 Å². The molecule has 3 heterocycles. The van der Waals surface area contributed by atoms with E-state index in [1.165, 1.54) is 5.57 Å². The van der Waals surface area contributed by atoms with Crippen LogP contribution in [0.15, 0.2) is 23.9 Å². The second-order valence-electron chi connectivity index (χ2n) is 5.32. The lowest BCUT2D eigenvalue weighted by Gasteiger charge is -2.23. The smallest absolute Gasteiger partial charge is 0.225 e. The van der Waals surface area contributed by atoms with Crippen LogP contribution in [0.1, 0.15) is 26.0 Å². The molecule has 0 aliphatic carbocycles. The lowest BCUT2D eigenvalue weighted by Crippen LogP contribution is -2.22. The van der Waals surface area contributed by atoms with E-state index in [1.54, 1.807) is 0 Å². The van der Waals surface area contributed by atoms with Crippen LogP contribution < -0.4 is 4.90 Å². The molecule has 21 heavy (non-hydrogen) atoms. The van der Waals surface area contributed by atoms with Gasteiger partial charge in [0.1, 0.15) is 11.0 Å². The first-order valence-electron chi connectivity index (χ1n) is 7.10. The molecular formula is C15H18ClN5. The van der Waals surface area contributed by atoms with Crippen LogP contribution in [0, 0.1) is 0 Å². The molecule has 110 valence electrons. The first-order valence-corrected chi connectivity index (χ1v) is 7.47. The second kappa shape index (κ2) is 5.48. The molecule has 0 fully saturated rings. The van der Waals surface area contributed by atoms with Crippen LogP contribution in [0.4, 0.5) is 5.82 Å². The fraction of sp³-hybridized carbons (Fsp3) is 0.400. The summed E-state index contributed by atoms with van der Waals surface area (Å²) >= 11 is 6.14. The predicted molar refractivity (Wildman–Crippen MR) is 85.6 cm³/mol. The van der Waals surface area contributed by atoms with Crippen molar-refractivity contribution < 1.29 is 0 Å². The fourth-order valence-electron chi connectivity index (χ4n) is 2.63. The molecule has 0 amide bonds. The van der Waals surface area contributed by atoms with Crippen LogP contribution in [0.25, 0.3) is 11.0 Å². The maximum Gasteiger partial charge on any atom is 0.225 e. The molecule has 0 radical (unpaired) electrons.